The predicted octanol–water partition coefficient (Wildman–Crippen LogP) is 3.73. The highest BCUT2D eigenvalue weighted by atomic mass is 32.1. The van der Waals surface area contributed by atoms with Crippen LogP contribution in [-0.4, -0.2) is 49.6 Å². The van der Waals surface area contributed by atoms with Gasteiger partial charge >= 0.3 is 0 Å². The monoisotopic (exact) mass is 428 g/mol. The van der Waals surface area contributed by atoms with Crippen LogP contribution in [0.2, 0.25) is 0 Å². The second-order valence-electron chi connectivity index (χ2n) is 7.85. The number of nitrogens with one attached hydrogen (secondary N) is 1. The van der Waals surface area contributed by atoms with Crippen LogP contribution in [0.15, 0.2) is 18.2 Å². The van der Waals surface area contributed by atoms with Gasteiger partial charge in [-0.05, 0) is 62.3 Å². The Balaban J connectivity index is 1.51. The largest absolute Gasteiger partial charge is 0.483 e. The second-order valence-corrected chi connectivity index (χ2v) is 8.96. The summed E-state index contributed by atoms with van der Waals surface area (Å²) in [5, 5.41) is 3.63. The average molecular weight is 429 g/mol. The van der Waals surface area contributed by atoms with Gasteiger partial charge in [0.15, 0.2) is 6.61 Å². The smallest absolute Gasteiger partial charge is 0.262 e. The molecule has 30 heavy (non-hydrogen) atoms. The van der Waals surface area contributed by atoms with Crippen molar-refractivity contribution in [2.75, 3.05) is 38.2 Å². The number of morpholine rings is 1. The number of thiophene rings is 1. The van der Waals surface area contributed by atoms with Gasteiger partial charge in [0.25, 0.3) is 11.8 Å². The molecule has 0 bridgehead atoms. The van der Waals surface area contributed by atoms with Crippen LogP contribution in [0.1, 0.15) is 44.8 Å². The van der Waals surface area contributed by atoms with E-state index in [0.29, 0.717) is 42.6 Å². The molecule has 160 valence electrons. The first-order valence-corrected chi connectivity index (χ1v) is 11.4. The zero-order valence-electron chi connectivity index (χ0n) is 17.6. The summed E-state index contributed by atoms with van der Waals surface area (Å²) in [5.74, 6) is 0.467. The van der Waals surface area contributed by atoms with E-state index in [-0.39, 0.29) is 18.4 Å². The van der Waals surface area contributed by atoms with Crippen molar-refractivity contribution in [2.45, 2.75) is 39.5 Å². The van der Waals surface area contributed by atoms with E-state index in [1.807, 2.05) is 36.9 Å². The maximum absolute atomic E-state index is 13.3. The van der Waals surface area contributed by atoms with E-state index in [1.54, 1.807) is 11.3 Å². The molecule has 7 heteroatoms. The van der Waals surface area contributed by atoms with Gasteiger partial charge < -0.3 is 19.7 Å². The van der Waals surface area contributed by atoms with E-state index in [2.05, 4.69) is 5.32 Å². The molecule has 1 fully saturated rings. The highest BCUT2D eigenvalue weighted by molar-refractivity contribution is 7.17. The standard InChI is InChI=1S/C23H28N2O4S/c1-15-6-5-8-18(16(15)2)29-14-20(26)24-22-21(17-7-3-4-9-19(17)30-22)23(27)25-10-12-28-13-11-25/h5-6,8H,3-4,7,9-14H2,1-2H3,(H,24,26). The number of rotatable bonds is 5. The van der Waals surface area contributed by atoms with E-state index >= 15 is 0 Å². The van der Waals surface area contributed by atoms with Crippen molar-refractivity contribution in [1.82, 2.24) is 4.90 Å². The van der Waals surface area contributed by atoms with E-state index < -0.39 is 0 Å². The fourth-order valence-corrected chi connectivity index (χ4v) is 5.29. The van der Waals surface area contributed by atoms with Crippen molar-refractivity contribution in [2.24, 2.45) is 0 Å². The number of hydrogen-bond acceptors (Lipinski definition) is 5. The third-order valence-electron chi connectivity index (χ3n) is 5.85. The Morgan fingerprint density at radius 1 is 1.17 bits per heavy atom. The Morgan fingerprint density at radius 2 is 1.93 bits per heavy atom. The lowest BCUT2D eigenvalue weighted by atomic mass is 9.95. The molecule has 0 radical (unpaired) electrons. The zero-order chi connectivity index (χ0) is 21.1. The Kier molecular flexibility index (Phi) is 6.39. The van der Waals surface area contributed by atoms with Crippen molar-refractivity contribution >= 4 is 28.2 Å². The molecule has 0 saturated carbocycles. The van der Waals surface area contributed by atoms with E-state index in [0.717, 1.165) is 42.4 Å². The first kappa shape index (κ1) is 20.9. The topological polar surface area (TPSA) is 67.9 Å². The summed E-state index contributed by atoms with van der Waals surface area (Å²) in [6, 6.07) is 5.80. The molecule has 1 aliphatic heterocycles. The highest BCUT2D eigenvalue weighted by Crippen LogP contribution is 2.39. The number of carbonyl (C=O) groups is 2. The number of nitrogens with zero attached hydrogens (tertiary/aromatic N) is 1. The lowest BCUT2D eigenvalue weighted by Crippen LogP contribution is -2.41. The Morgan fingerprint density at radius 3 is 2.73 bits per heavy atom. The van der Waals surface area contributed by atoms with Gasteiger partial charge in [0.1, 0.15) is 10.8 Å². The summed E-state index contributed by atoms with van der Waals surface area (Å²) >= 11 is 1.54. The molecular weight excluding hydrogens is 400 g/mol. The summed E-state index contributed by atoms with van der Waals surface area (Å²) < 4.78 is 11.1. The number of aryl methyl sites for hydroxylation is 2. The summed E-state index contributed by atoms with van der Waals surface area (Å²) in [7, 11) is 0. The van der Waals surface area contributed by atoms with Crippen LogP contribution in [-0.2, 0) is 22.4 Å². The number of hydrogen-bond donors (Lipinski definition) is 1. The SMILES string of the molecule is Cc1cccc(OCC(=O)Nc2sc3c(c2C(=O)N2CCOCC2)CCCC3)c1C. The van der Waals surface area contributed by atoms with Crippen LogP contribution in [0, 0.1) is 13.8 Å². The first-order valence-electron chi connectivity index (χ1n) is 10.5. The number of amides is 2. The van der Waals surface area contributed by atoms with Crippen LogP contribution in [0.3, 0.4) is 0 Å². The molecule has 0 spiro atoms. The van der Waals surface area contributed by atoms with Gasteiger partial charge in [0, 0.05) is 18.0 Å². The molecule has 2 amide bonds. The summed E-state index contributed by atoms with van der Waals surface area (Å²) in [6.45, 7) is 6.21. The maximum Gasteiger partial charge on any atom is 0.262 e. The van der Waals surface area contributed by atoms with Gasteiger partial charge in [-0.1, -0.05) is 12.1 Å². The Bertz CT molecular complexity index is 947. The molecule has 1 aliphatic carbocycles. The van der Waals surface area contributed by atoms with E-state index in [4.69, 9.17) is 9.47 Å². The second kappa shape index (κ2) is 9.18. The lowest BCUT2D eigenvalue weighted by Gasteiger charge is -2.27. The van der Waals surface area contributed by atoms with Crippen molar-refractivity contribution in [3.63, 3.8) is 0 Å². The van der Waals surface area contributed by atoms with Gasteiger partial charge in [-0.15, -0.1) is 11.3 Å². The van der Waals surface area contributed by atoms with Gasteiger partial charge in [-0.3, -0.25) is 9.59 Å². The van der Waals surface area contributed by atoms with Crippen molar-refractivity contribution in [3.8, 4) is 5.75 Å². The molecule has 0 atom stereocenters. The van der Waals surface area contributed by atoms with Gasteiger partial charge in [-0.25, -0.2) is 0 Å². The molecule has 1 saturated heterocycles. The van der Waals surface area contributed by atoms with Crippen LogP contribution in [0.4, 0.5) is 5.00 Å². The van der Waals surface area contributed by atoms with Crippen LogP contribution in [0.5, 0.6) is 5.75 Å². The lowest BCUT2D eigenvalue weighted by molar-refractivity contribution is -0.118. The molecular formula is C23H28N2O4S. The normalized spacial score (nSPS) is 16.1. The van der Waals surface area contributed by atoms with Crippen molar-refractivity contribution < 1.29 is 19.1 Å². The van der Waals surface area contributed by atoms with Gasteiger partial charge in [0.05, 0.1) is 18.8 Å². The molecule has 2 aromatic rings. The maximum atomic E-state index is 13.3. The predicted molar refractivity (Wildman–Crippen MR) is 118 cm³/mol. The average Bonchev–Trinajstić information content (AvgIpc) is 3.12. The molecule has 6 nitrogen and oxygen atoms in total. The summed E-state index contributed by atoms with van der Waals surface area (Å²) in [4.78, 5) is 29.0. The molecule has 2 aliphatic rings. The molecule has 1 aromatic heterocycles. The third-order valence-corrected chi connectivity index (χ3v) is 7.06. The van der Waals surface area contributed by atoms with Crippen molar-refractivity contribution in [1.29, 1.82) is 0 Å². The molecule has 2 heterocycles. The van der Waals surface area contributed by atoms with Gasteiger partial charge in [-0.2, -0.15) is 0 Å². The van der Waals surface area contributed by atoms with Gasteiger partial charge in [0.2, 0.25) is 0 Å². The minimum absolute atomic E-state index is 0.00319. The number of fused-ring (bicyclic) bond motifs is 1. The van der Waals surface area contributed by atoms with E-state index in [9.17, 15) is 9.59 Å². The summed E-state index contributed by atoms with van der Waals surface area (Å²) in [5.41, 5.74) is 3.95. The van der Waals surface area contributed by atoms with Crippen LogP contribution in [0.25, 0.3) is 0 Å². The molecule has 1 N–H and O–H groups in total. The number of anilines is 1. The van der Waals surface area contributed by atoms with Crippen LogP contribution >= 0.6 is 11.3 Å². The quantitative estimate of drug-likeness (QED) is 0.788. The minimum Gasteiger partial charge on any atom is -0.483 e. The summed E-state index contributed by atoms with van der Waals surface area (Å²) in [6.07, 6.45) is 4.07. The Labute approximate surface area is 181 Å². The minimum atomic E-state index is -0.245. The Hall–Kier alpha value is -2.38. The molecule has 4 rings (SSSR count). The molecule has 0 unspecified atom stereocenters. The third kappa shape index (κ3) is 4.37. The highest BCUT2D eigenvalue weighted by Gasteiger charge is 2.30. The van der Waals surface area contributed by atoms with E-state index in [1.165, 1.54) is 4.88 Å². The van der Waals surface area contributed by atoms with Crippen molar-refractivity contribution in [3.05, 3.63) is 45.3 Å². The fourth-order valence-electron chi connectivity index (χ4n) is 3.99. The number of ether oxygens (including phenoxy) is 2. The number of carbonyl (C=O) groups excluding carboxylic acids is 2. The zero-order valence-corrected chi connectivity index (χ0v) is 18.4. The molecule has 1 aromatic carbocycles. The van der Waals surface area contributed by atoms with Crippen LogP contribution < -0.4 is 10.1 Å². The fraction of sp³-hybridized carbons (Fsp3) is 0.478. The number of benzene rings is 1. The first-order chi connectivity index (χ1) is 14.5.